The van der Waals surface area contributed by atoms with Gasteiger partial charge in [0.05, 0.1) is 11.3 Å². The molecule has 11 heteroatoms. The number of fused-ring (bicyclic) bond motifs is 2. The van der Waals surface area contributed by atoms with Crippen LogP contribution in [0.4, 0.5) is 4.39 Å². The summed E-state index contributed by atoms with van der Waals surface area (Å²) in [6.45, 7) is 0.168. The number of benzene rings is 2. The molecule has 3 unspecified atom stereocenters. The number of aliphatic hydroxyl groups excluding tert-OH is 2. The fraction of sp³-hybridized carbons (Fsp3) is 0.280. The lowest BCUT2D eigenvalue weighted by molar-refractivity contribution is -0.288. The molecule has 1 fully saturated rings. The molecule has 2 aliphatic heterocycles. The molecule has 36 heavy (non-hydrogen) atoms. The summed E-state index contributed by atoms with van der Waals surface area (Å²) in [7, 11) is 1.55. The number of aliphatic hydroxyl groups is 2. The Morgan fingerprint density at radius 1 is 1.06 bits per heavy atom. The molecule has 2 aliphatic rings. The zero-order chi connectivity index (χ0) is 25.4. The van der Waals surface area contributed by atoms with Crippen LogP contribution in [0, 0.1) is 5.82 Å². The molecule has 3 atom stereocenters. The van der Waals surface area contributed by atoms with Gasteiger partial charge in [0.2, 0.25) is 0 Å². The SMILES string of the molecule is CN1CCC(Oc2ccccc2F)c2ccc(-c3cccnn3)cc2C12OC(=O)C(O)C(O)C(=O)O2. The summed E-state index contributed by atoms with van der Waals surface area (Å²) in [4.78, 5) is 26.8. The van der Waals surface area contributed by atoms with E-state index in [2.05, 4.69) is 10.2 Å². The van der Waals surface area contributed by atoms with E-state index in [1.54, 1.807) is 49.5 Å². The predicted molar refractivity (Wildman–Crippen MR) is 120 cm³/mol. The first-order valence-corrected chi connectivity index (χ1v) is 11.2. The van der Waals surface area contributed by atoms with Crippen LogP contribution in [-0.4, -0.2) is 63.0 Å². The lowest BCUT2D eigenvalue weighted by Crippen LogP contribution is -2.50. The fourth-order valence-electron chi connectivity index (χ4n) is 4.30. The molecule has 0 amide bonds. The minimum Gasteiger partial charge on any atom is -0.483 e. The van der Waals surface area contributed by atoms with Crippen molar-refractivity contribution in [2.75, 3.05) is 13.6 Å². The number of halogens is 1. The molecule has 0 bridgehead atoms. The Hall–Kier alpha value is -3.93. The Kier molecular flexibility index (Phi) is 6.12. The van der Waals surface area contributed by atoms with Gasteiger partial charge in [0, 0.05) is 30.3 Å². The van der Waals surface area contributed by atoms with Crippen LogP contribution in [0.3, 0.4) is 0 Å². The Bertz CT molecular complexity index is 1280. The number of hydrogen-bond donors (Lipinski definition) is 2. The summed E-state index contributed by atoms with van der Waals surface area (Å²) in [5.74, 6) is -5.17. The van der Waals surface area contributed by atoms with Gasteiger partial charge in [-0.15, -0.1) is 0 Å². The second-order valence-electron chi connectivity index (χ2n) is 8.47. The van der Waals surface area contributed by atoms with Crippen molar-refractivity contribution in [2.24, 2.45) is 0 Å². The topological polar surface area (TPSA) is 131 Å². The second kappa shape index (κ2) is 9.26. The predicted octanol–water partition coefficient (Wildman–Crippen LogP) is 1.67. The van der Waals surface area contributed by atoms with Crippen LogP contribution in [-0.2, 0) is 25.0 Å². The van der Waals surface area contributed by atoms with Gasteiger partial charge in [0.1, 0.15) is 6.10 Å². The van der Waals surface area contributed by atoms with Crippen molar-refractivity contribution in [3.05, 3.63) is 77.7 Å². The third kappa shape index (κ3) is 4.06. The number of aromatic nitrogens is 2. The summed E-state index contributed by atoms with van der Waals surface area (Å²) < 4.78 is 31.7. The lowest BCUT2D eigenvalue weighted by Gasteiger charge is -2.38. The van der Waals surface area contributed by atoms with Gasteiger partial charge in [-0.2, -0.15) is 10.2 Å². The quantitative estimate of drug-likeness (QED) is 0.517. The molecule has 0 radical (unpaired) electrons. The van der Waals surface area contributed by atoms with Crippen LogP contribution in [0.25, 0.3) is 11.3 Å². The van der Waals surface area contributed by atoms with E-state index in [0.29, 0.717) is 23.2 Å². The van der Waals surface area contributed by atoms with Crippen molar-refractivity contribution < 1.29 is 38.4 Å². The average molecular weight is 495 g/mol. The molecule has 5 rings (SSSR count). The molecule has 0 aliphatic carbocycles. The van der Waals surface area contributed by atoms with Crippen LogP contribution in [0.1, 0.15) is 23.7 Å². The fourth-order valence-corrected chi connectivity index (χ4v) is 4.30. The molecule has 2 aromatic carbocycles. The highest BCUT2D eigenvalue weighted by Crippen LogP contribution is 2.44. The van der Waals surface area contributed by atoms with Crippen LogP contribution in [0.2, 0.25) is 0 Å². The first-order valence-electron chi connectivity index (χ1n) is 11.2. The molecule has 0 saturated carbocycles. The summed E-state index contributed by atoms with van der Waals surface area (Å²) in [6.07, 6.45) is -3.19. The Morgan fingerprint density at radius 3 is 2.44 bits per heavy atom. The number of para-hydroxylation sites is 1. The minimum absolute atomic E-state index is 0.0192. The number of esters is 2. The molecule has 2 N–H and O–H groups in total. The van der Waals surface area contributed by atoms with Gasteiger partial charge in [0.15, 0.2) is 23.8 Å². The zero-order valence-electron chi connectivity index (χ0n) is 19.1. The number of rotatable bonds is 3. The monoisotopic (exact) mass is 495 g/mol. The molecule has 1 saturated heterocycles. The standard InChI is InChI=1S/C25H22FN3O7/c1-29-12-10-19(34-20-7-3-2-5-17(20)26)15-9-8-14(18-6-4-11-27-28-18)13-16(15)25(29)35-23(32)21(30)22(31)24(33)36-25/h2-9,11,13,19,21-22,30-31H,10,12H2,1H3. The molecule has 10 nitrogen and oxygen atoms in total. The second-order valence-corrected chi connectivity index (χ2v) is 8.47. The number of hydrogen-bond acceptors (Lipinski definition) is 10. The summed E-state index contributed by atoms with van der Waals surface area (Å²) in [5.41, 5.74) is 1.68. The van der Waals surface area contributed by atoms with Gasteiger partial charge in [-0.3, -0.25) is 0 Å². The highest BCUT2D eigenvalue weighted by molar-refractivity contribution is 5.87. The van der Waals surface area contributed by atoms with Crippen molar-refractivity contribution in [3.8, 4) is 17.0 Å². The van der Waals surface area contributed by atoms with Gasteiger partial charge < -0.3 is 24.4 Å². The maximum atomic E-state index is 14.4. The van der Waals surface area contributed by atoms with Crippen LogP contribution in [0.5, 0.6) is 5.75 Å². The summed E-state index contributed by atoms with van der Waals surface area (Å²) >= 11 is 0. The van der Waals surface area contributed by atoms with Gasteiger partial charge in [-0.25, -0.2) is 18.9 Å². The highest BCUT2D eigenvalue weighted by Gasteiger charge is 2.55. The molecular formula is C25H22FN3O7. The normalized spacial score (nSPS) is 26.4. The third-order valence-corrected chi connectivity index (χ3v) is 6.20. The Labute approximate surface area is 204 Å². The van der Waals surface area contributed by atoms with Crippen molar-refractivity contribution in [1.29, 1.82) is 0 Å². The van der Waals surface area contributed by atoms with Crippen molar-refractivity contribution in [2.45, 2.75) is 30.6 Å². The van der Waals surface area contributed by atoms with E-state index in [1.165, 1.54) is 23.2 Å². The molecule has 3 heterocycles. The summed E-state index contributed by atoms with van der Waals surface area (Å²) in [5, 5.41) is 28.2. The Balaban J connectivity index is 1.70. The largest absolute Gasteiger partial charge is 0.483 e. The average Bonchev–Trinajstić information content (AvgIpc) is 3.05. The molecule has 186 valence electrons. The number of ether oxygens (including phenoxy) is 3. The van der Waals surface area contributed by atoms with E-state index in [1.807, 2.05) is 0 Å². The molecule has 1 aromatic heterocycles. The number of carbonyl (C=O) groups is 2. The third-order valence-electron chi connectivity index (χ3n) is 6.20. The van der Waals surface area contributed by atoms with E-state index in [9.17, 15) is 24.2 Å². The lowest BCUT2D eigenvalue weighted by atomic mass is 9.95. The van der Waals surface area contributed by atoms with Crippen molar-refractivity contribution in [1.82, 2.24) is 15.1 Å². The zero-order valence-corrected chi connectivity index (χ0v) is 19.1. The highest BCUT2D eigenvalue weighted by atomic mass is 19.1. The van der Waals surface area contributed by atoms with Gasteiger partial charge in [-0.05, 0) is 37.4 Å². The van der Waals surface area contributed by atoms with E-state index in [0.717, 1.165) is 0 Å². The van der Waals surface area contributed by atoms with E-state index in [4.69, 9.17) is 14.2 Å². The molecule has 1 spiro atoms. The van der Waals surface area contributed by atoms with Crippen molar-refractivity contribution in [3.63, 3.8) is 0 Å². The Morgan fingerprint density at radius 2 is 1.78 bits per heavy atom. The first-order chi connectivity index (χ1) is 17.3. The summed E-state index contributed by atoms with van der Waals surface area (Å²) in [6, 6.07) is 14.4. The van der Waals surface area contributed by atoms with Crippen LogP contribution >= 0.6 is 0 Å². The molecule has 3 aromatic rings. The van der Waals surface area contributed by atoms with Gasteiger partial charge in [-0.1, -0.05) is 24.3 Å². The first kappa shape index (κ1) is 23.8. The number of carbonyl (C=O) groups excluding carboxylic acids is 2. The maximum absolute atomic E-state index is 14.4. The van der Waals surface area contributed by atoms with Crippen molar-refractivity contribution >= 4 is 11.9 Å². The maximum Gasteiger partial charge on any atom is 0.349 e. The van der Waals surface area contributed by atoms with E-state index >= 15 is 0 Å². The van der Waals surface area contributed by atoms with Crippen LogP contribution in [0.15, 0.2) is 60.8 Å². The van der Waals surface area contributed by atoms with E-state index in [-0.39, 0.29) is 17.9 Å². The van der Waals surface area contributed by atoms with Crippen LogP contribution < -0.4 is 4.74 Å². The molecular weight excluding hydrogens is 473 g/mol. The van der Waals surface area contributed by atoms with E-state index < -0.39 is 42.0 Å². The van der Waals surface area contributed by atoms with Gasteiger partial charge >= 0.3 is 17.8 Å². The van der Waals surface area contributed by atoms with Gasteiger partial charge in [0.25, 0.3) is 0 Å². The smallest absolute Gasteiger partial charge is 0.349 e. The number of nitrogens with zero attached hydrogens (tertiary/aromatic N) is 3. The minimum atomic E-state index is -2.15.